The third-order valence-electron chi connectivity index (χ3n) is 4.94. The molecule has 0 aliphatic rings. The molecule has 0 aliphatic heterocycles. The Morgan fingerprint density at radius 2 is 1.32 bits per heavy atom. The number of hydrogen-bond donors (Lipinski definition) is 0. The Labute approximate surface area is 199 Å². The van der Waals surface area contributed by atoms with E-state index in [4.69, 9.17) is 0 Å². The van der Waals surface area contributed by atoms with E-state index in [1.165, 1.54) is 12.1 Å². The van der Waals surface area contributed by atoms with E-state index in [1.54, 1.807) is 19.9 Å². The fourth-order valence-corrected chi connectivity index (χ4v) is 3.70. The molecule has 1 atom stereocenters. The van der Waals surface area contributed by atoms with Crippen LogP contribution in [0.2, 0.25) is 0 Å². The Morgan fingerprint density at radius 1 is 0.765 bits per heavy atom. The van der Waals surface area contributed by atoms with Crippen LogP contribution in [-0.2, 0) is 4.83 Å². The molecule has 0 amide bonds. The fraction of sp³-hybridized carbons (Fsp3) is 0.154. The van der Waals surface area contributed by atoms with Gasteiger partial charge in [0.05, 0.1) is 5.56 Å². The summed E-state index contributed by atoms with van der Waals surface area (Å²) in [5.74, 6) is 3.64. The molecule has 0 aromatic heterocycles. The average molecular weight is 539 g/mol. The van der Waals surface area contributed by atoms with Gasteiger partial charge in [-0.3, -0.25) is 0 Å². The summed E-state index contributed by atoms with van der Waals surface area (Å²) in [6.45, 7) is 3.36. The first-order valence-corrected chi connectivity index (χ1v) is 10.5. The maximum absolute atomic E-state index is 14.8. The largest absolute Gasteiger partial charge is 0.332 e. The van der Waals surface area contributed by atoms with Crippen LogP contribution in [0.4, 0.5) is 30.7 Å². The van der Waals surface area contributed by atoms with E-state index in [1.807, 2.05) is 15.9 Å². The second-order valence-electron chi connectivity index (χ2n) is 7.23. The standard InChI is InChI=1S/C26H14BrF7/c1-3-4-5-6-14(2)15-7-8-18(19(28)9-15)16-10-20(29)24(21(30)11-16)17-12-22(31)25(23(32)13-17)26(27,33)34/h7-14H,1-2H3. The summed E-state index contributed by atoms with van der Waals surface area (Å²) < 4.78 is 99.2. The first-order valence-electron chi connectivity index (χ1n) is 9.71. The van der Waals surface area contributed by atoms with Crippen LogP contribution in [-0.4, -0.2) is 0 Å². The molecule has 0 radical (unpaired) electrons. The van der Waals surface area contributed by atoms with Gasteiger partial charge in [0.2, 0.25) is 0 Å². The van der Waals surface area contributed by atoms with Gasteiger partial charge in [0.25, 0.3) is 0 Å². The topological polar surface area (TPSA) is 0 Å². The Kier molecular flexibility index (Phi) is 7.43. The molecule has 3 rings (SSSR count). The summed E-state index contributed by atoms with van der Waals surface area (Å²) >= 11 is 1.86. The van der Waals surface area contributed by atoms with Gasteiger partial charge in [0.1, 0.15) is 34.6 Å². The quantitative estimate of drug-likeness (QED) is 0.178. The van der Waals surface area contributed by atoms with Crippen molar-refractivity contribution in [3.63, 3.8) is 0 Å². The minimum atomic E-state index is -4.02. The van der Waals surface area contributed by atoms with Gasteiger partial charge >= 0.3 is 4.83 Å². The highest BCUT2D eigenvalue weighted by atomic mass is 79.9. The summed E-state index contributed by atoms with van der Waals surface area (Å²) in [6.07, 6.45) is 0. The molecule has 0 saturated carbocycles. The number of hydrogen-bond acceptors (Lipinski definition) is 0. The lowest BCUT2D eigenvalue weighted by atomic mass is 9.95. The van der Waals surface area contributed by atoms with Crippen molar-refractivity contribution in [2.45, 2.75) is 24.6 Å². The minimum absolute atomic E-state index is 0.117. The summed E-state index contributed by atoms with van der Waals surface area (Å²) in [5, 5.41) is 0. The zero-order valence-corrected chi connectivity index (χ0v) is 19.2. The lowest BCUT2D eigenvalue weighted by Crippen LogP contribution is -2.10. The van der Waals surface area contributed by atoms with Crippen LogP contribution in [0, 0.1) is 52.8 Å². The predicted octanol–water partition coefficient (Wildman–Crippen LogP) is 8.29. The molecule has 0 N–H and O–H groups in total. The third-order valence-corrected chi connectivity index (χ3v) is 5.33. The number of rotatable bonds is 4. The SMILES string of the molecule is CC#CC#CC(C)c1ccc(-c2cc(F)c(-c3cc(F)c(C(F)(F)Br)c(F)c3)c(F)c2)c(F)c1. The van der Waals surface area contributed by atoms with Crippen LogP contribution in [0.1, 0.15) is 30.9 Å². The van der Waals surface area contributed by atoms with Crippen molar-refractivity contribution in [3.8, 4) is 45.9 Å². The molecule has 3 aromatic rings. The van der Waals surface area contributed by atoms with Gasteiger partial charge in [-0.15, -0.1) is 0 Å². The monoisotopic (exact) mass is 538 g/mol. The Morgan fingerprint density at radius 3 is 1.82 bits per heavy atom. The van der Waals surface area contributed by atoms with Crippen LogP contribution >= 0.6 is 15.9 Å². The zero-order valence-electron chi connectivity index (χ0n) is 17.6. The van der Waals surface area contributed by atoms with Crippen molar-refractivity contribution in [2.24, 2.45) is 0 Å². The molecular formula is C26H14BrF7. The minimum Gasteiger partial charge on any atom is -0.206 e. The van der Waals surface area contributed by atoms with Gasteiger partial charge in [-0.2, -0.15) is 8.78 Å². The normalized spacial score (nSPS) is 11.8. The van der Waals surface area contributed by atoms with E-state index in [9.17, 15) is 30.7 Å². The molecule has 0 bridgehead atoms. The molecule has 34 heavy (non-hydrogen) atoms. The summed E-state index contributed by atoms with van der Waals surface area (Å²) in [6, 6.07) is 6.44. The third kappa shape index (κ3) is 5.29. The molecule has 0 aliphatic carbocycles. The van der Waals surface area contributed by atoms with Gasteiger partial charge in [-0.25, -0.2) is 22.0 Å². The van der Waals surface area contributed by atoms with Crippen LogP contribution in [0.3, 0.4) is 0 Å². The van der Waals surface area contributed by atoms with Gasteiger partial charge in [0, 0.05) is 11.5 Å². The lowest BCUT2D eigenvalue weighted by molar-refractivity contribution is 0.105. The van der Waals surface area contributed by atoms with Gasteiger partial charge in [0.15, 0.2) is 0 Å². The lowest BCUT2D eigenvalue weighted by Gasteiger charge is -2.14. The molecule has 0 spiro atoms. The first kappa shape index (κ1) is 25.4. The van der Waals surface area contributed by atoms with Crippen LogP contribution in [0.5, 0.6) is 0 Å². The maximum Gasteiger partial charge on any atom is 0.332 e. The Balaban J connectivity index is 2.03. The van der Waals surface area contributed by atoms with Crippen LogP contribution in [0.15, 0.2) is 42.5 Å². The van der Waals surface area contributed by atoms with E-state index >= 15 is 0 Å². The van der Waals surface area contributed by atoms with Gasteiger partial charge in [-0.1, -0.05) is 24.0 Å². The van der Waals surface area contributed by atoms with E-state index in [0.29, 0.717) is 17.7 Å². The highest BCUT2D eigenvalue weighted by molar-refractivity contribution is 9.09. The van der Waals surface area contributed by atoms with Crippen molar-refractivity contribution >= 4 is 15.9 Å². The fourth-order valence-electron chi connectivity index (χ4n) is 3.32. The maximum atomic E-state index is 14.8. The molecular weight excluding hydrogens is 525 g/mol. The predicted molar refractivity (Wildman–Crippen MR) is 120 cm³/mol. The van der Waals surface area contributed by atoms with E-state index < -0.39 is 50.6 Å². The highest BCUT2D eigenvalue weighted by Crippen LogP contribution is 2.40. The second-order valence-corrected chi connectivity index (χ2v) is 8.23. The zero-order chi connectivity index (χ0) is 25.2. The summed E-state index contributed by atoms with van der Waals surface area (Å²) in [5.41, 5.74) is -2.81. The Hall–Kier alpha value is -3.23. The number of halogens is 8. The summed E-state index contributed by atoms with van der Waals surface area (Å²) in [4.78, 5) is -4.02. The Bertz CT molecular complexity index is 1340. The van der Waals surface area contributed by atoms with Crippen LogP contribution in [0.25, 0.3) is 22.3 Å². The van der Waals surface area contributed by atoms with Crippen molar-refractivity contribution < 1.29 is 30.7 Å². The van der Waals surface area contributed by atoms with Crippen molar-refractivity contribution in [1.82, 2.24) is 0 Å². The number of alkyl halides is 3. The van der Waals surface area contributed by atoms with E-state index in [-0.39, 0.29) is 17.0 Å². The van der Waals surface area contributed by atoms with Crippen LogP contribution < -0.4 is 0 Å². The average Bonchev–Trinajstić information content (AvgIpc) is 2.71. The summed E-state index contributed by atoms with van der Waals surface area (Å²) in [7, 11) is 0. The van der Waals surface area contributed by atoms with Crippen molar-refractivity contribution in [2.75, 3.05) is 0 Å². The highest BCUT2D eigenvalue weighted by Gasteiger charge is 2.35. The van der Waals surface area contributed by atoms with Gasteiger partial charge < -0.3 is 0 Å². The first-order chi connectivity index (χ1) is 15.9. The van der Waals surface area contributed by atoms with Gasteiger partial charge in [-0.05, 0) is 88.6 Å². The van der Waals surface area contributed by atoms with Crippen molar-refractivity contribution in [3.05, 3.63) is 82.7 Å². The van der Waals surface area contributed by atoms with E-state index in [0.717, 1.165) is 12.1 Å². The molecule has 0 fully saturated rings. The molecule has 3 aromatic carbocycles. The molecule has 174 valence electrons. The van der Waals surface area contributed by atoms with E-state index in [2.05, 4.69) is 23.7 Å². The molecule has 8 heteroatoms. The molecule has 1 unspecified atom stereocenters. The number of benzene rings is 3. The smallest absolute Gasteiger partial charge is 0.206 e. The van der Waals surface area contributed by atoms with Crippen molar-refractivity contribution in [1.29, 1.82) is 0 Å². The molecule has 0 saturated heterocycles. The second kappa shape index (κ2) is 9.95. The molecule has 0 nitrogen and oxygen atoms in total. The molecule has 0 heterocycles.